The molecule has 0 atom stereocenters. The van der Waals surface area contributed by atoms with Crippen molar-refractivity contribution in [2.24, 2.45) is 0 Å². The lowest BCUT2D eigenvalue weighted by Gasteiger charge is -2.29. The van der Waals surface area contributed by atoms with Crippen molar-refractivity contribution >= 4 is 33.3 Å². The Balaban J connectivity index is 1.65. The number of hydrogen-bond acceptors (Lipinski definition) is 1. The minimum atomic E-state index is 0.934. The molecule has 0 radical (unpaired) electrons. The Labute approximate surface area is 165 Å². The summed E-state index contributed by atoms with van der Waals surface area (Å²) >= 11 is 0. The maximum Gasteiger partial charge on any atom is 0.0498 e. The molecule has 1 heteroatoms. The van der Waals surface area contributed by atoms with Crippen molar-refractivity contribution in [3.63, 3.8) is 0 Å². The fourth-order valence-electron chi connectivity index (χ4n) is 5.07. The van der Waals surface area contributed by atoms with Crippen molar-refractivity contribution in [1.82, 2.24) is 0 Å². The number of nitrogens with zero attached hydrogens (tertiary/aromatic N) is 1. The van der Waals surface area contributed by atoms with E-state index in [0.29, 0.717) is 0 Å². The van der Waals surface area contributed by atoms with Crippen molar-refractivity contribution in [3.8, 4) is 0 Å². The van der Waals surface area contributed by atoms with Crippen LogP contribution < -0.4 is 4.90 Å². The van der Waals surface area contributed by atoms with E-state index in [2.05, 4.69) is 83.9 Å². The SMILES string of the molecule is C1=CN(c2cc3ccccc3c3ccc4c(c23)CCCC4)Cc2ccccc21. The normalized spacial score (nSPS) is 15.6. The van der Waals surface area contributed by atoms with Crippen LogP contribution in [0.2, 0.25) is 0 Å². The Bertz CT molecular complexity index is 1250. The highest BCUT2D eigenvalue weighted by molar-refractivity contribution is 6.14. The molecule has 0 aromatic heterocycles. The summed E-state index contributed by atoms with van der Waals surface area (Å²) in [5.74, 6) is 0. The smallest absolute Gasteiger partial charge is 0.0498 e. The first-order valence-corrected chi connectivity index (χ1v) is 10.4. The minimum absolute atomic E-state index is 0.934. The Morgan fingerprint density at radius 1 is 0.714 bits per heavy atom. The molecular formula is C27H23N. The molecule has 0 bridgehead atoms. The van der Waals surface area contributed by atoms with Crippen LogP contribution in [0.3, 0.4) is 0 Å². The molecule has 1 aliphatic heterocycles. The van der Waals surface area contributed by atoms with E-state index in [1.807, 2.05) is 0 Å². The van der Waals surface area contributed by atoms with Gasteiger partial charge in [0.15, 0.2) is 0 Å². The topological polar surface area (TPSA) is 3.24 Å². The predicted molar refractivity (Wildman–Crippen MR) is 120 cm³/mol. The van der Waals surface area contributed by atoms with Gasteiger partial charge in [0, 0.05) is 23.8 Å². The molecule has 0 saturated heterocycles. The molecular weight excluding hydrogens is 338 g/mol. The summed E-state index contributed by atoms with van der Waals surface area (Å²) in [6.07, 6.45) is 9.57. The summed E-state index contributed by atoms with van der Waals surface area (Å²) in [5, 5.41) is 5.57. The molecule has 0 amide bonds. The summed E-state index contributed by atoms with van der Waals surface area (Å²) in [6, 6.07) is 24.7. The van der Waals surface area contributed by atoms with E-state index in [0.717, 1.165) is 6.54 Å². The molecule has 0 saturated carbocycles. The van der Waals surface area contributed by atoms with E-state index in [-0.39, 0.29) is 0 Å². The van der Waals surface area contributed by atoms with Gasteiger partial charge < -0.3 is 4.90 Å². The maximum absolute atomic E-state index is 2.45. The third-order valence-corrected chi connectivity index (χ3v) is 6.47. The van der Waals surface area contributed by atoms with Gasteiger partial charge in [0.2, 0.25) is 0 Å². The number of benzene rings is 4. The van der Waals surface area contributed by atoms with E-state index in [1.54, 1.807) is 11.1 Å². The van der Waals surface area contributed by atoms with E-state index >= 15 is 0 Å². The largest absolute Gasteiger partial charge is 0.343 e. The highest BCUT2D eigenvalue weighted by atomic mass is 15.1. The van der Waals surface area contributed by atoms with Crippen molar-refractivity contribution in [1.29, 1.82) is 0 Å². The summed E-state index contributed by atoms with van der Waals surface area (Å²) < 4.78 is 0. The summed E-state index contributed by atoms with van der Waals surface area (Å²) in [7, 11) is 0. The highest BCUT2D eigenvalue weighted by Crippen LogP contribution is 2.41. The van der Waals surface area contributed by atoms with Gasteiger partial charge in [-0.1, -0.05) is 60.7 Å². The van der Waals surface area contributed by atoms with Gasteiger partial charge in [0.1, 0.15) is 0 Å². The van der Waals surface area contributed by atoms with Gasteiger partial charge in [-0.2, -0.15) is 0 Å². The zero-order valence-corrected chi connectivity index (χ0v) is 16.0. The van der Waals surface area contributed by atoms with Gasteiger partial charge in [-0.05, 0) is 76.2 Å². The number of rotatable bonds is 1. The van der Waals surface area contributed by atoms with Crippen LogP contribution in [0.25, 0.3) is 27.6 Å². The van der Waals surface area contributed by atoms with Gasteiger partial charge in [-0.3, -0.25) is 0 Å². The van der Waals surface area contributed by atoms with E-state index in [9.17, 15) is 0 Å². The predicted octanol–water partition coefficient (Wildman–Crippen LogP) is 6.86. The molecule has 28 heavy (non-hydrogen) atoms. The standard InChI is InChI=1S/C27H23N/c1-2-10-22-18-28(16-15-19(22)7-1)26-17-21-9-4-5-11-23(21)25-14-13-20-8-3-6-12-24(20)27(25)26/h1-2,4-5,7,9-11,13-17H,3,6,8,12,18H2. The zero-order chi connectivity index (χ0) is 18.5. The molecule has 1 aliphatic carbocycles. The van der Waals surface area contributed by atoms with Crippen molar-refractivity contribution in [2.75, 3.05) is 4.90 Å². The van der Waals surface area contributed by atoms with Crippen LogP contribution in [0.4, 0.5) is 5.69 Å². The molecule has 0 unspecified atom stereocenters. The minimum Gasteiger partial charge on any atom is -0.343 e. The monoisotopic (exact) mass is 361 g/mol. The second-order valence-corrected chi connectivity index (χ2v) is 8.09. The van der Waals surface area contributed by atoms with Crippen LogP contribution in [0.1, 0.15) is 35.1 Å². The first-order chi connectivity index (χ1) is 13.9. The van der Waals surface area contributed by atoms with Gasteiger partial charge in [0.05, 0.1) is 0 Å². The van der Waals surface area contributed by atoms with Crippen LogP contribution in [0.5, 0.6) is 0 Å². The lowest BCUT2D eigenvalue weighted by Crippen LogP contribution is -2.20. The van der Waals surface area contributed by atoms with Crippen LogP contribution in [-0.4, -0.2) is 0 Å². The number of aryl methyl sites for hydroxylation is 2. The van der Waals surface area contributed by atoms with Crippen LogP contribution in [0.15, 0.2) is 72.9 Å². The molecule has 1 heterocycles. The molecule has 136 valence electrons. The first-order valence-electron chi connectivity index (χ1n) is 10.4. The summed E-state index contributed by atoms with van der Waals surface area (Å²) in [6.45, 7) is 0.934. The maximum atomic E-state index is 2.45. The average Bonchev–Trinajstić information content (AvgIpc) is 2.78. The van der Waals surface area contributed by atoms with Gasteiger partial charge in [0.25, 0.3) is 0 Å². The average molecular weight is 361 g/mol. The molecule has 4 aromatic carbocycles. The van der Waals surface area contributed by atoms with Crippen LogP contribution in [0, 0.1) is 0 Å². The van der Waals surface area contributed by atoms with Gasteiger partial charge in [-0.15, -0.1) is 0 Å². The molecule has 0 fully saturated rings. The third-order valence-electron chi connectivity index (χ3n) is 6.47. The molecule has 0 spiro atoms. The molecule has 4 aromatic rings. The zero-order valence-electron chi connectivity index (χ0n) is 16.0. The number of anilines is 1. The molecule has 1 nitrogen and oxygen atoms in total. The van der Waals surface area contributed by atoms with E-state index in [4.69, 9.17) is 0 Å². The van der Waals surface area contributed by atoms with Crippen LogP contribution >= 0.6 is 0 Å². The van der Waals surface area contributed by atoms with Crippen LogP contribution in [-0.2, 0) is 19.4 Å². The van der Waals surface area contributed by atoms with Crippen molar-refractivity contribution in [3.05, 3.63) is 95.2 Å². The van der Waals surface area contributed by atoms with E-state index < -0.39 is 0 Å². The highest BCUT2D eigenvalue weighted by Gasteiger charge is 2.20. The summed E-state index contributed by atoms with van der Waals surface area (Å²) in [4.78, 5) is 2.45. The van der Waals surface area contributed by atoms with Crippen molar-refractivity contribution < 1.29 is 0 Å². The fourth-order valence-corrected chi connectivity index (χ4v) is 5.07. The van der Waals surface area contributed by atoms with Crippen molar-refractivity contribution in [2.45, 2.75) is 32.2 Å². The first kappa shape index (κ1) is 15.9. The Hall–Kier alpha value is -3.06. The lowest BCUT2D eigenvalue weighted by atomic mass is 9.85. The number of hydrogen-bond donors (Lipinski definition) is 0. The molecule has 2 aliphatic rings. The van der Waals surface area contributed by atoms with Gasteiger partial charge in [-0.25, -0.2) is 0 Å². The number of fused-ring (bicyclic) bond motifs is 6. The second kappa shape index (κ2) is 6.24. The fraction of sp³-hybridized carbons (Fsp3) is 0.185. The lowest BCUT2D eigenvalue weighted by molar-refractivity contribution is 0.690. The molecule has 6 rings (SSSR count). The van der Waals surface area contributed by atoms with E-state index in [1.165, 1.54) is 64.0 Å². The summed E-state index contributed by atoms with van der Waals surface area (Å²) in [5.41, 5.74) is 7.23. The third kappa shape index (κ3) is 2.39. The van der Waals surface area contributed by atoms with Gasteiger partial charge >= 0.3 is 0 Å². The molecule has 0 N–H and O–H groups in total. The Morgan fingerprint density at radius 2 is 1.57 bits per heavy atom. The Morgan fingerprint density at radius 3 is 2.57 bits per heavy atom. The Kier molecular flexibility index (Phi) is 3.55. The second-order valence-electron chi connectivity index (χ2n) is 8.09. The quantitative estimate of drug-likeness (QED) is 0.335.